The molecular weight excluding hydrogens is 292 g/mol. The lowest BCUT2D eigenvalue weighted by Crippen LogP contribution is -2.49. The Balaban J connectivity index is 1.83. The van der Waals surface area contributed by atoms with Gasteiger partial charge in [-0.2, -0.15) is 0 Å². The summed E-state index contributed by atoms with van der Waals surface area (Å²) < 4.78 is 6.80. The summed E-state index contributed by atoms with van der Waals surface area (Å²) in [5.41, 5.74) is 5.25. The van der Waals surface area contributed by atoms with E-state index in [4.69, 9.17) is 4.74 Å². The van der Waals surface area contributed by atoms with Crippen molar-refractivity contribution in [2.45, 2.75) is 57.2 Å². The number of unbranched alkanes of at least 4 members (excludes halogenated alkanes) is 1. The van der Waals surface area contributed by atoms with Crippen LogP contribution in [0.1, 0.15) is 56.2 Å². The Bertz CT molecular complexity index is 761. The fraction of sp³-hybridized carbons (Fsp3) is 0.391. The third kappa shape index (κ3) is 2.61. The zero-order valence-electron chi connectivity index (χ0n) is 14.7. The van der Waals surface area contributed by atoms with Crippen LogP contribution in [0.25, 0.3) is 5.57 Å². The number of ether oxygens (including phenoxy) is 1. The predicted octanol–water partition coefficient (Wildman–Crippen LogP) is 5.89. The van der Waals surface area contributed by atoms with Gasteiger partial charge in [0.1, 0.15) is 0 Å². The molecule has 0 radical (unpaired) electrons. The van der Waals surface area contributed by atoms with Crippen LogP contribution in [-0.2, 0) is 16.8 Å². The van der Waals surface area contributed by atoms with Crippen molar-refractivity contribution in [3.05, 3.63) is 77.4 Å². The second kappa shape index (κ2) is 5.89. The number of hydrogen-bond acceptors (Lipinski definition) is 1. The molecule has 2 aliphatic rings. The Morgan fingerprint density at radius 2 is 1.71 bits per heavy atom. The first-order chi connectivity index (χ1) is 11.6. The van der Waals surface area contributed by atoms with Crippen molar-refractivity contribution in [2.24, 2.45) is 0 Å². The molecule has 4 rings (SSSR count). The normalized spacial score (nSPS) is 28.2. The summed E-state index contributed by atoms with van der Waals surface area (Å²) >= 11 is 0. The Kier molecular flexibility index (Phi) is 3.85. The maximum atomic E-state index is 6.80. The SMILES string of the molecule is CCCC[C@@]12C=C(c3ccccc3)C[C@@](C)(O1)c1ccccc1C2. The average molecular weight is 318 g/mol. The Labute approximate surface area is 145 Å². The van der Waals surface area contributed by atoms with Crippen molar-refractivity contribution in [2.75, 3.05) is 0 Å². The molecular formula is C23H26O. The molecule has 2 aliphatic heterocycles. The molecule has 124 valence electrons. The lowest BCUT2D eigenvalue weighted by molar-refractivity contribution is -0.149. The number of rotatable bonds is 4. The lowest BCUT2D eigenvalue weighted by Gasteiger charge is -2.51. The van der Waals surface area contributed by atoms with Gasteiger partial charge in [0.15, 0.2) is 0 Å². The molecule has 0 amide bonds. The third-order valence-corrected chi connectivity index (χ3v) is 5.57. The van der Waals surface area contributed by atoms with Crippen molar-refractivity contribution < 1.29 is 4.74 Å². The topological polar surface area (TPSA) is 9.23 Å². The van der Waals surface area contributed by atoms with Crippen LogP contribution in [0, 0.1) is 0 Å². The van der Waals surface area contributed by atoms with Gasteiger partial charge in [0.05, 0.1) is 11.2 Å². The summed E-state index contributed by atoms with van der Waals surface area (Å²) in [6.07, 6.45) is 7.89. The zero-order chi connectivity index (χ0) is 16.6. The molecule has 1 heteroatoms. The fourth-order valence-electron chi connectivity index (χ4n) is 4.52. The largest absolute Gasteiger partial charge is 0.359 e. The van der Waals surface area contributed by atoms with Gasteiger partial charge in [-0.15, -0.1) is 0 Å². The Morgan fingerprint density at radius 3 is 2.50 bits per heavy atom. The molecule has 2 heterocycles. The smallest absolute Gasteiger partial charge is 0.0958 e. The molecule has 0 N–H and O–H groups in total. The molecule has 0 unspecified atom stereocenters. The van der Waals surface area contributed by atoms with E-state index in [1.807, 2.05) is 0 Å². The second-order valence-electron chi connectivity index (χ2n) is 7.55. The van der Waals surface area contributed by atoms with Crippen LogP contribution in [0.4, 0.5) is 0 Å². The minimum absolute atomic E-state index is 0.150. The quantitative estimate of drug-likeness (QED) is 0.683. The summed E-state index contributed by atoms with van der Waals surface area (Å²) in [4.78, 5) is 0. The van der Waals surface area contributed by atoms with Gasteiger partial charge in [-0.05, 0) is 41.7 Å². The minimum Gasteiger partial charge on any atom is -0.359 e. The Morgan fingerprint density at radius 1 is 0.958 bits per heavy atom. The van der Waals surface area contributed by atoms with E-state index in [9.17, 15) is 0 Å². The number of fused-ring (bicyclic) bond motifs is 4. The van der Waals surface area contributed by atoms with Gasteiger partial charge >= 0.3 is 0 Å². The van der Waals surface area contributed by atoms with E-state index in [0.717, 1.165) is 19.3 Å². The highest BCUT2D eigenvalue weighted by Crippen LogP contribution is 2.51. The molecule has 0 fully saturated rings. The molecule has 24 heavy (non-hydrogen) atoms. The van der Waals surface area contributed by atoms with E-state index < -0.39 is 0 Å². The van der Waals surface area contributed by atoms with E-state index in [-0.39, 0.29) is 11.2 Å². The van der Waals surface area contributed by atoms with Crippen LogP contribution < -0.4 is 0 Å². The first kappa shape index (κ1) is 15.7. The zero-order valence-corrected chi connectivity index (χ0v) is 14.7. The van der Waals surface area contributed by atoms with Gasteiger partial charge in [0.25, 0.3) is 0 Å². The van der Waals surface area contributed by atoms with Crippen molar-refractivity contribution in [1.82, 2.24) is 0 Å². The van der Waals surface area contributed by atoms with E-state index in [1.165, 1.54) is 35.1 Å². The van der Waals surface area contributed by atoms with Gasteiger partial charge in [-0.3, -0.25) is 0 Å². The fourth-order valence-corrected chi connectivity index (χ4v) is 4.52. The highest BCUT2D eigenvalue weighted by Gasteiger charge is 2.48. The summed E-state index contributed by atoms with van der Waals surface area (Å²) in [6.45, 7) is 4.54. The average Bonchev–Trinajstić information content (AvgIpc) is 2.60. The lowest BCUT2D eigenvalue weighted by atomic mass is 9.71. The van der Waals surface area contributed by atoms with Gasteiger partial charge < -0.3 is 4.74 Å². The standard InChI is InChI=1S/C23H26O/c1-3-4-14-23-16-19-12-8-9-13-21(19)22(2,24-23)15-20(17-23)18-10-6-5-7-11-18/h5-13,17H,3-4,14-16H2,1-2H3/t22-,23-/m1/s1. The summed E-state index contributed by atoms with van der Waals surface area (Å²) in [5.74, 6) is 0. The van der Waals surface area contributed by atoms with Crippen LogP contribution in [0.5, 0.6) is 0 Å². The first-order valence-corrected chi connectivity index (χ1v) is 9.20. The molecule has 0 spiro atoms. The van der Waals surface area contributed by atoms with Crippen molar-refractivity contribution >= 4 is 5.57 Å². The maximum absolute atomic E-state index is 6.80. The molecule has 0 saturated heterocycles. The van der Waals surface area contributed by atoms with E-state index in [2.05, 4.69) is 74.5 Å². The molecule has 0 saturated carbocycles. The van der Waals surface area contributed by atoms with Crippen LogP contribution in [0.3, 0.4) is 0 Å². The monoisotopic (exact) mass is 318 g/mol. The van der Waals surface area contributed by atoms with Gasteiger partial charge in [0, 0.05) is 12.8 Å². The Hall–Kier alpha value is -1.86. The van der Waals surface area contributed by atoms with Gasteiger partial charge in [-0.25, -0.2) is 0 Å². The van der Waals surface area contributed by atoms with Crippen LogP contribution >= 0.6 is 0 Å². The van der Waals surface area contributed by atoms with E-state index in [0.29, 0.717) is 0 Å². The van der Waals surface area contributed by atoms with Crippen LogP contribution in [0.2, 0.25) is 0 Å². The van der Waals surface area contributed by atoms with E-state index in [1.54, 1.807) is 0 Å². The predicted molar refractivity (Wildman–Crippen MR) is 99.9 cm³/mol. The summed E-state index contributed by atoms with van der Waals surface area (Å²) in [6, 6.07) is 19.7. The van der Waals surface area contributed by atoms with Crippen LogP contribution in [0.15, 0.2) is 60.7 Å². The highest BCUT2D eigenvalue weighted by molar-refractivity contribution is 5.70. The molecule has 2 aromatic rings. The molecule has 2 atom stereocenters. The number of benzene rings is 2. The minimum atomic E-state index is -0.220. The van der Waals surface area contributed by atoms with Crippen molar-refractivity contribution in [1.29, 1.82) is 0 Å². The van der Waals surface area contributed by atoms with E-state index >= 15 is 0 Å². The number of hydrogen-bond donors (Lipinski definition) is 0. The summed E-state index contributed by atoms with van der Waals surface area (Å²) in [7, 11) is 0. The highest BCUT2D eigenvalue weighted by atomic mass is 16.5. The molecule has 2 bridgehead atoms. The maximum Gasteiger partial charge on any atom is 0.0958 e. The molecule has 0 aromatic heterocycles. The third-order valence-electron chi connectivity index (χ3n) is 5.57. The van der Waals surface area contributed by atoms with Crippen LogP contribution in [-0.4, -0.2) is 5.60 Å². The van der Waals surface area contributed by atoms with Gasteiger partial charge in [-0.1, -0.05) is 74.4 Å². The van der Waals surface area contributed by atoms with Crippen molar-refractivity contribution in [3.8, 4) is 0 Å². The molecule has 2 aromatic carbocycles. The second-order valence-corrected chi connectivity index (χ2v) is 7.55. The molecule has 1 nitrogen and oxygen atoms in total. The van der Waals surface area contributed by atoms with Crippen molar-refractivity contribution in [3.63, 3.8) is 0 Å². The summed E-state index contributed by atoms with van der Waals surface area (Å²) in [5, 5.41) is 0. The van der Waals surface area contributed by atoms with Gasteiger partial charge in [0.2, 0.25) is 0 Å². The first-order valence-electron chi connectivity index (χ1n) is 9.20. The molecule has 0 aliphatic carbocycles.